The molecule has 8 nitrogen and oxygen atoms in total. The molecule has 0 bridgehead atoms. The Morgan fingerprint density at radius 1 is 1.57 bits per heavy atom. The zero-order chi connectivity index (χ0) is 15.6. The molecule has 10 heteroatoms. The lowest BCUT2D eigenvalue weighted by Crippen LogP contribution is -2.32. The van der Waals surface area contributed by atoms with Gasteiger partial charge in [0, 0.05) is 5.38 Å². The van der Waals surface area contributed by atoms with E-state index in [0.717, 1.165) is 18.3 Å². The number of nitrogens with one attached hydrogen (secondary N) is 1. The number of thiazole rings is 1. The molecule has 0 fully saturated rings. The number of hydrogen-bond donors (Lipinski definition) is 3. The fraction of sp³-hybridized carbons (Fsp3) is 0.273. The number of nitrogens with zero attached hydrogens (tertiary/aromatic N) is 1. The highest BCUT2D eigenvalue weighted by molar-refractivity contribution is 7.94. The summed E-state index contributed by atoms with van der Waals surface area (Å²) in [6, 6.07) is 3.38. The van der Waals surface area contributed by atoms with Gasteiger partial charge in [-0.2, -0.15) is 0 Å². The van der Waals surface area contributed by atoms with Crippen molar-refractivity contribution in [2.45, 2.75) is 18.7 Å². The van der Waals surface area contributed by atoms with Crippen molar-refractivity contribution in [1.29, 1.82) is 0 Å². The molecule has 2 aromatic heterocycles. The number of carboxylic acids is 1. The van der Waals surface area contributed by atoms with Gasteiger partial charge in [0.05, 0.1) is 6.54 Å². The van der Waals surface area contributed by atoms with Crippen LogP contribution in [0.4, 0.5) is 5.13 Å². The number of furan rings is 1. The highest BCUT2D eigenvalue weighted by atomic mass is 32.2. The van der Waals surface area contributed by atoms with Crippen LogP contribution in [-0.4, -0.2) is 29.7 Å². The van der Waals surface area contributed by atoms with Gasteiger partial charge in [0.25, 0.3) is 0 Å². The summed E-state index contributed by atoms with van der Waals surface area (Å²) in [7, 11) is -4.03. The third kappa shape index (κ3) is 3.40. The Morgan fingerprint density at radius 2 is 2.29 bits per heavy atom. The second kappa shape index (κ2) is 5.84. The maximum absolute atomic E-state index is 11.8. The van der Waals surface area contributed by atoms with E-state index in [1.165, 1.54) is 0 Å². The minimum Gasteiger partial charge on any atom is -0.480 e. The lowest BCUT2D eigenvalue weighted by molar-refractivity contribution is -0.136. The van der Waals surface area contributed by atoms with E-state index in [4.69, 9.17) is 15.3 Å². The van der Waals surface area contributed by atoms with Crippen LogP contribution in [-0.2, 0) is 21.4 Å². The predicted molar refractivity (Wildman–Crippen MR) is 77.3 cm³/mol. The van der Waals surface area contributed by atoms with Crippen LogP contribution in [0.3, 0.4) is 0 Å². The fourth-order valence-corrected chi connectivity index (χ4v) is 3.22. The zero-order valence-corrected chi connectivity index (χ0v) is 12.6. The summed E-state index contributed by atoms with van der Waals surface area (Å²) in [5, 5.41) is 8.85. The maximum Gasteiger partial charge on any atom is 0.323 e. The first kappa shape index (κ1) is 15.5. The minimum absolute atomic E-state index is 0.0730. The first-order chi connectivity index (χ1) is 9.83. The van der Waals surface area contributed by atoms with Crippen molar-refractivity contribution in [3.05, 3.63) is 23.3 Å². The van der Waals surface area contributed by atoms with Crippen LogP contribution in [0, 0.1) is 0 Å². The van der Waals surface area contributed by atoms with Gasteiger partial charge in [-0.15, -0.1) is 11.3 Å². The van der Waals surface area contributed by atoms with Gasteiger partial charge in [-0.05, 0) is 19.1 Å². The molecule has 1 unspecified atom stereocenters. The second-order valence-electron chi connectivity index (χ2n) is 4.14. The van der Waals surface area contributed by atoms with Gasteiger partial charge >= 0.3 is 5.97 Å². The summed E-state index contributed by atoms with van der Waals surface area (Å²) in [6.07, 6.45) is 0. The van der Waals surface area contributed by atoms with Gasteiger partial charge in [0.15, 0.2) is 16.1 Å². The number of aliphatic carboxylic acids is 1. The molecule has 0 amide bonds. The van der Waals surface area contributed by atoms with E-state index >= 15 is 0 Å². The Bertz CT molecular complexity index is 750. The van der Waals surface area contributed by atoms with Crippen LogP contribution >= 0.6 is 11.3 Å². The molecule has 0 aliphatic rings. The Balaban J connectivity index is 2.19. The van der Waals surface area contributed by atoms with Crippen LogP contribution < -0.4 is 10.5 Å². The molecular formula is C11H13N3O5S2. The quantitative estimate of drug-likeness (QED) is 0.720. The second-order valence-corrected chi connectivity index (χ2v) is 6.99. The Morgan fingerprint density at radius 3 is 2.86 bits per heavy atom. The summed E-state index contributed by atoms with van der Waals surface area (Å²) in [5.74, 6) is -0.388. The molecule has 114 valence electrons. The molecule has 2 aromatic rings. The summed E-state index contributed by atoms with van der Waals surface area (Å²) < 4.78 is 31.1. The molecule has 1 atom stereocenters. The van der Waals surface area contributed by atoms with Crippen molar-refractivity contribution >= 4 is 32.5 Å². The molecule has 0 saturated carbocycles. The van der Waals surface area contributed by atoms with Gasteiger partial charge in [-0.1, -0.05) is 0 Å². The Hall–Kier alpha value is -1.91. The number of hydrogen-bond acceptors (Lipinski definition) is 7. The molecule has 0 saturated heterocycles. The molecule has 0 radical (unpaired) electrons. The van der Waals surface area contributed by atoms with Crippen molar-refractivity contribution in [3.8, 4) is 11.5 Å². The SMILES string of the molecule is CC(C(=O)O)S(=O)(=O)Nc1nc(-c2ccc(CN)o2)cs1. The van der Waals surface area contributed by atoms with Gasteiger partial charge in [-0.3, -0.25) is 9.52 Å². The Kier molecular flexibility index (Phi) is 4.30. The van der Waals surface area contributed by atoms with E-state index in [0.29, 0.717) is 17.2 Å². The number of nitrogens with two attached hydrogens (primary N) is 1. The van der Waals surface area contributed by atoms with Crippen molar-refractivity contribution in [3.63, 3.8) is 0 Å². The number of anilines is 1. The third-order valence-electron chi connectivity index (χ3n) is 2.66. The number of aromatic nitrogens is 1. The van der Waals surface area contributed by atoms with Crippen molar-refractivity contribution in [2.75, 3.05) is 4.72 Å². The molecule has 2 heterocycles. The van der Waals surface area contributed by atoms with Crippen LogP contribution in [0.25, 0.3) is 11.5 Å². The molecule has 0 aliphatic heterocycles. The lowest BCUT2D eigenvalue weighted by atomic mass is 10.3. The monoisotopic (exact) mass is 331 g/mol. The molecule has 4 N–H and O–H groups in total. The van der Waals surface area contributed by atoms with E-state index in [-0.39, 0.29) is 11.7 Å². The van der Waals surface area contributed by atoms with Gasteiger partial charge in [0.1, 0.15) is 11.5 Å². The molecule has 21 heavy (non-hydrogen) atoms. The van der Waals surface area contributed by atoms with Crippen LogP contribution in [0.1, 0.15) is 12.7 Å². The first-order valence-corrected chi connectivity index (χ1v) is 8.25. The lowest BCUT2D eigenvalue weighted by Gasteiger charge is -2.08. The van der Waals surface area contributed by atoms with E-state index in [2.05, 4.69) is 9.71 Å². The van der Waals surface area contributed by atoms with Crippen molar-refractivity contribution < 1.29 is 22.7 Å². The molecule has 2 rings (SSSR count). The standard InChI is InChI=1S/C11H13N3O5S2/c1-6(10(15)16)21(17,18)14-11-13-8(5-20-11)9-3-2-7(4-12)19-9/h2-3,5-6H,4,12H2,1H3,(H,13,14)(H,15,16). The Labute approximate surface area is 124 Å². The molecule has 0 aliphatic carbocycles. The summed E-state index contributed by atoms with van der Waals surface area (Å²) >= 11 is 1.03. The summed E-state index contributed by atoms with van der Waals surface area (Å²) in [4.78, 5) is 14.8. The van der Waals surface area contributed by atoms with Crippen molar-refractivity contribution in [2.24, 2.45) is 5.73 Å². The molecule has 0 spiro atoms. The summed E-state index contributed by atoms with van der Waals surface area (Å²) in [6.45, 7) is 1.33. The number of carboxylic acid groups (broad SMARTS) is 1. The largest absolute Gasteiger partial charge is 0.480 e. The molecule has 0 aromatic carbocycles. The van der Waals surface area contributed by atoms with E-state index in [1.807, 2.05) is 0 Å². The minimum atomic E-state index is -4.03. The predicted octanol–water partition coefficient (Wildman–Crippen LogP) is 1.08. The van der Waals surface area contributed by atoms with Gasteiger partial charge in [0.2, 0.25) is 10.0 Å². The van der Waals surface area contributed by atoms with Gasteiger partial charge < -0.3 is 15.3 Å². The van der Waals surface area contributed by atoms with Crippen LogP contribution in [0.2, 0.25) is 0 Å². The van der Waals surface area contributed by atoms with E-state index < -0.39 is 21.2 Å². The third-order valence-corrected chi connectivity index (χ3v) is 5.16. The van der Waals surface area contributed by atoms with Crippen LogP contribution in [0.15, 0.2) is 21.9 Å². The van der Waals surface area contributed by atoms with Crippen LogP contribution in [0.5, 0.6) is 0 Å². The van der Waals surface area contributed by atoms with E-state index in [1.54, 1.807) is 17.5 Å². The fourth-order valence-electron chi connectivity index (χ4n) is 1.40. The van der Waals surface area contributed by atoms with E-state index in [9.17, 15) is 13.2 Å². The average molecular weight is 331 g/mol. The molecular weight excluding hydrogens is 318 g/mol. The normalized spacial score (nSPS) is 13.0. The van der Waals surface area contributed by atoms with Crippen molar-refractivity contribution in [1.82, 2.24) is 4.98 Å². The average Bonchev–Trinajstić information content (AvgIpc) is 3.05. The highest BCUT2D eigenvalue weighted by Gasteiger charge is 2.28. The topological polar surface area (TPSA) is 136 Å². The maximum atomic E-state index is 11.8. The summed E-state index contributed by atoms with van der Waals surface area (Å²) in [5.41, 5.74) is 5.88. The zero-order valence-electron chi connectivity index (χ0n) is 10.9. The number of rotatable bonds is 6. The number of carbonyl (C=O) groups is 1. The highest BCUT2D eigenvalue weighted by Crippen LogP contribution is 2.27. The van der Waals surface area contributed by atoms with Gasteiger partial charge in [-0.25, -0.2) is 13.4 Å². The first-order valence-electron chi connectivity index (χ1n) is 5.82. The number of sulfonamides is 1. The smallest absolute Gasteiger partial charge is 0.323 e.